The Morgan fingerprint density at radius 2 is 0.800 bits per heavy atom. The van der Waals surface area contributed by atoms with Crippen LogP contribution in [0.1, 0.15) is 0 Å². The van der Waals surface area contributed by atoms with Crippen LogP contribution in [-0.4, -0.2) is 68.9 Å². The van der Waals surface area contributed by atoms with Crippen LogP contribution in [-0.2, 0) is 19.8 Å². The molecule has 0 saturated carbocycles. The minimum absolute atomic E-state index is 0. The van der Waals surface area contributed by atoms with E-state index in [1.807, 2.05) is 0 Å². The van der Waals surface area contributed by atoms with Gasteiger partial charge >= 0.3 is 45.1 Å². The molecule has 0 radical (unpaired) electrons. The van der Waals surface area contributed by atoms with Crippen LogP contribution in [0.2, 0.25) is 58.9 Å². The van der Waals surface area contributed by atoms with Gasteiger partial charge in [-0.05, 0) is 19.6 Å². The van der Waals surface area contributed by atoms with Crippen molar-refractivity contribution in [3.63, 3.8) is 0 Å². The Balaban J connectivity index is -0.00000155. The molecule has 25 heavy (non-hydrogen) atoms. The zero-order chi connectivity index (χ0) is 19.4. The van der Waals surface area contributed by atoms with E-state index in [1.165, 1.54) is 19.8 Å². The summed E-state index contributed by atoms with van der Waals surface area (Å²) in [5.41, 5.74) is 0. The molecule has 0 fully saturated rings. The number of rotatable bonds is 12. The normalized spacial score (nSPS) is 12.3. The summed E-state index contributed by atoms with van der Waals surface area (Å²) in [6.07, 6.45) is 3.08. The fourth-order valence-corrected chi connectivity index (χ4v) is 4.23. The van der Waals surface area contributed by atoms with Gasteiger partial charge < -0.3 is 19.8 Å². The average Bonchev–Trinajstić information content (AvgIpc) is 2.36. The Hall–Kier alpha value is 2.26. The summed E-state index contributed by atoms with van der Waals surface area (Å²) >= 11 is 1.25. The molecule has 0 aromatic heterocycles. The monoisotopic (exact) mass is 579 g/mol. The molecule has 0 aromatic rings. The molecule has 144 valence electrons. The van der Waals surface area contributed by atoms with Gasteiger partial charge in [0.2, 0.25) is 0 Å². The van der Waals surface area contributed by atoms with Crippen molar-refractivity contribution < 1.29 is 38.7 Å². The van der Waals surface area contributed by atoms with Crippen LogP contribution >= 0.6 is 6.45 Å². The SMILES string of the molecule is C[Si](C)(C)[N-]CCN(CC[N-][Si](C)(C)C)CC[N-][Si](C)(C)C.[Li+].[PH+]#[Ta]. The Morgan fingerprint density at radius 1 is 0.600 bits per heavy atom. The second-order valence-electron chi connectivity index (χ2n) is 9.00. The standard InChI is InChI=1S/C15H39N4Si3.Li.HP.Ta/c1-20(2,3)16-10-13-19(14-11-17-21(4,5)6)15-12-18-22(7,8)9;;;/h10-15H2,1-9H3;;1H;/q-3;2*+1;. The van der Waals surface area contributed by atoms with Gasteiger partial charge in [-0.1, -0.05) is 83.6 Å². The van der Waals surface area contributed by atoms with Crippen LogP contribution < -0.4 is 18.9 Å². The fraction of sp³-hybridized carbons (Fsp3) is 1.00. The van der Waals surface area contributed by atoms with E-state index in [1.54, 1.807) is 0 Å². The molecule has 0 aliphatic heterocycles. The van der Waals surface area contributed by atoms with Crippen molar-refractivity contribution in [2.45, 2.75) is 58.9 Å². The van der Waals surface area contributed by atoms with E-state index in [2.05, 4.69) is 70.3 Å². The van der Waals surface area contributed by atoms with E-state index < -0.39 is 24.7 Å². The molecule has 0 aliphatic rings. The minimum atomic E-state index is -1.28. The van der Waals surface area contributed by atoms with Gasteiger partial charge in [-0.25, -0.2) is 0 Å². The van der Waals surface area contributed by atoms with E-state index in [0.717, 1.165) is 39.3 Å². The van der Waals surface area contributed by atoms with Gasteiger partial charge in [0.15, 0.2) is 0 Å². The first-order valence-electron chi connectivity index (χ1n) is 8.79. The van der Waals surface area contributed by atoms with Gasteiger partial charge in [0.05, 0.1) is 0 Å². The van der Waals surface area contributed by atoms with Crippen molar-refractivity contribution in [2.75, 3.05) is 39.3 Å². The van der Waals surface area contributed by atoms with Crippen molar-refractivity contribution in [1.29, 1.82) is 0 Å². The zero-order valence-corrected chi connectivity index (χ0v) is 25.7. The zero-order valence-electron chi connectivity index (χ0n) is 18.5. The van der Waals surface area contributed by atoms with E-state index in [0.29, 0.717) is 0 Å². The molecule has 0 heterocycles. The van der Waals surface area contributed by atoms with Crippen molar-refractivity contribution in [1.82, 2.24) is 4.90 Å². The quantitative estimate of drug-likeness (QED) is 0.259. The summed E-state index contributed by atoms with van der Waals surface area (Å²) in [6.45, 7) is 26.8. The van der Waals surface area contributed by atoms with Gasteiger partial charge in [-0.3, -0.25) is 0 Å². The third-order valence-electron chi connectivity index (χ3n) is 3.01. The molecule has 0 aliphatic carbocycles. The predicted molar refractivity (Wildman–Crippen MR) is 119 cm³/mol. The summed E-state index contributed by atoms with van der Waals surface area (Å²) in [7, 11) is -3.84. The van der Waals surface area contributed by atoms with E-state index >= 15 is 0 Å². The van der Waals surface area contributed by atoms with Gasteiger partial charge in [0.1, 0.15) is 0 Å². The van der Waals surface area contributed by atoms with Crippen LogP contribution in [0.3, 0.4) is 0 Å². The van der Waals surface area contributed by atoms with Crippen LogP contribution in [0, 0.1) is 0 Å². The van der Waals surface area contributed by atoms with Crippen LogP contribution in [0.4, 0.5) is 0 Å². The molecule has 0 unspecified atom stereocenters. The summed E-state index contributed by atoms with van der Waals surface area (Å²) in [6, 6.07) is 0. The molecule has 0 atom stereocenters. The van der Waals surface area contributed by atoms with Crippen molar-refractivity contribution in [2.24, 2.45) is 0 Å². The third kappa shape index (κ3) is 28.6. The van der Waals surface area contributed by atoms with Gasteiger partial charge in [-0.15, -0.1) is 19.6 Å². The summed E-state index contributed by atoms with van der Waals surface area (Å²) in [5.74, 6) is 0. The molecular formula is C15H40LiN4PSi3Ta-. The third-order valence-corrected chi connectivity index (χ3v) is 6.52. The molecule has 0 bridgehead atoms. The van der Waals surface area contributed by atoms with Crippen LogP contribution in [0.25, 0.3) is 14.9 Å². The number of hydrogen-bond acceptors (Lipinski definition) is 1. The molecule has 0 N–H and O–H groups in total. The first-order valence-corrected chi connectivity index (χ1v) is 24.4. The van der Waals surface area contributed by atoms with Crippen LogP contribution in [0.15, 0.2) is 0 Å². The molecular weight excluding hydrogens is 539 g/mol. The Labute approximate surface area is 186 Å². The second-order valence-corrected chi connectivity index (χ2v) is 23.0. The van der Waals surface area contributed by atoms with Crippen molar-refractivity contribution in [3.05, 3.63) is 14.9 Å². The molecule has 10 heteroatoms. The van der Waals surface area contributed by atoms with E-state index in [9.17, 15) is 0 Å². The fourth-order valence-electron chi connectivity index (χ4n) is 1.92. The second kappa shape index (κ2) is 16.1. The van der Waals surface area contributed by atoms with Gasteiger partial charge in [0, 0.05) is 0 Å². The van der Waals surface area contributed by atoms with Crippen molar-refractivity contribution in [3.8, 4) is 0 Å². The maximum absolute atomic E-state index is 4.86. The number of nitrogens with zero attached hydrogens (tertiary/aromatic N) is 4. The maximum atomic E-state index is 4.86. The van der Waals surface area contributed by atoms with Gasteiger partial charge in [0.25, 0.3) is 0 Å². The summed E-state index contributed by atoms with van der Waals surface area (Å²) < 4.78 is 0. The van der Waals surface area contributed by atoms with E-state index in [-0.39, 0.29) is 18.9 Å². The molecule has 4 nitrogen and oxygen atoms in total. The van der Waals surface area contributed by atoms with Crippen molar-refractivity contribution >= 4 is 31.2 Å². The Bertz CT molecular complexity index is 297. The average molecular weight is 580 g/mol. The first kappa shape index (κ1) is 31.9. The predicted octanol–water partition coefficient (Wildman–Crippen LogP) is 2.51. The molecule has 0 amide bonds. The van der Waals surface area contributed by atoms with Gasteiger partial charge in [-0.2, -0.15) is 0 Å². The number of hydrogen-bond donors (Lipinski definition) is 0. The summed E-state index contributed by atoms with van der Waals surface area (Å²) in [4.78, 5) is 17.1. The molecule has 0 aromatic carbocycles. The van der Waals surface area contributed by atoms with E-state index in [4.69, 9.17) is 14.9 Å². The topological polar surface area (TPSA) is 45.5 Å². The Kier molecular flexibility index (Phi) is 20.6. The molecule has 0 saturated heterocycles. The molecule has 0 rings (SSSR count). The first-order chi connectivity index (χ1) is 10.8. The summed E-state index contributed by atoms with van der Waals surface area (Å²) in [5, 5.41) is 0. The Morgan fingerprint density at radius 3 is 0.960 bits per heavy atom. The van der Waals surface area contributed by atoms with Crippen LogP contribution in [0.5, 0.6) is 0 Å². The molecule has 0 spiro atoms.